The number of anilines is 1. The Morgan fingerprint density at radius 1 is 1.38 bits per heavy atom. The Kier molecular flexibility index (Phi) is 3.13. The maximum atomic E-state index is 12.4. The van der Waals surface area contributed by atoms with Gasteiger partial charge in [0, 0.05) is 6.54 Å². The molecule has 21 heavy (non-hydrogen) atoms. The van der Waals surface area contributed by atoms with Gasteiger partial charge in [-0.15, -0.1) is 0 Å². The molecule has 6 heteroatoms. The minimum absolute atomic E-state index is 0.0423. The van der Waals surface area contributed by atoms with Gasteiger partial charge in [-0.05, 0) is 38.5 Å². The zero-order chi connectivity index (χ0) is 15.2. The van der Waals surface area contributed by atoms with Gasteiger partial charge in [-0.25, -0.2) is 0 Å². The monoisotopic (exact) mass is 289 g/mol. The van der Waals surface area contributed by atoms with E-state index >= 15 is 0 Å². The van der Waals surface area contributed by atoms with Crippen LogP contribution in [0.4, 0.5) is 5.69 Å². The largest absolute Gasteiger partial charge is 0.482 e. The Morgan fingerprint density at radius 3 is 2.86 bits per heavy atom. The number of fused-ring (bicyclic) bond motifs is 1. The molecular formula is C15H19N3O3. The van der Waals surface area contributed by atoms with Crippen molar-refractivity contribution in [2.24, 2.45) is 0 Å². The molecule has 0 aromatic heterocycles. The molecule has 6 nitrogen and oxygen atoms in total. The van der Waals surface area contributed by atoms with Gasteiger partial charge in [0.2, 0.25) is 5.91 Å². The Hall–Kier alpha value is -2.08. The predicted octanol–water partition coefficient (Wildman–Crippen LogP) is 1.25. The molecule has 0 bridgehead atoms. The lowest BCUT2D eigenvalue weighted by Gasteiger charge is -2.25. The first-order valence-corrected chi connectivity index (χ1v) is 7.08. The van der Waals surface area contributed by atoms with E-state index in [4.69, 9.17) is 4.74 Å². The molecule has 0 saturated carbocycles. The topological polar surface area (TPSA) is 70.7 Å². The second kappa shape index (κ2) is 4.73. The van der Waals surface area contributed by atoms with Crippen molar-refractivity contribution >= 4 is 17.5 Å². The molecule has 1 fully saturated rings. The van der Waals surface area contributed by atoms with Crippen molar-refractivity contribution in [3.8, 4) is 5.75 Å². The lowest BCUT2D eigenvalue weighted by molar-refractivity contribution is -0.132. The van der Waals surface area contributed by atoms with Crippen LogP contribution in [0.1, 0.15) is 32.5 Å². The van der Waals surface area contributed by atoms with Crippen molar-refractivity contribution in [1.82, 2.24) is 10.2 Å². The quantitative estimate of drug-likeness (QED) is 0.859. The van der Waals surface area contributed by atoms with Crippen molar-refractivity contribution in [1.29, 1.82) is 0 Å². The summed E-state index contributed by atoms with van der Waals surface area (Å²) >= 11 is 0. The van der Waals surface area contributed by atoms with Crippen molar-refractivity contribution in [3.05, 3.63) is 23.8 Å². The Balaban J connectivity index is 1.95. The second-order valence-electron chi connectivity index (χ2n) is 5.86. The third-order valence-electron chi connectivity index (χ3n) is 3.90. The van der Waals surface area contributed by atoms with Crippen LogP contribution in [0.25, 0.3) is 0 Å². The van der Waals surface area contributed by atoms with E-state index in [0.29, 0.717) is 18.0 Å². The molecule has 2 aliphatic heterocycles. The molecule has 1 aromatic carbocycles. The van der Waals surface area contributed by atoms with Crippen LogP contribution in [0.5, 0.6) is 5.75 Å². The highest BCUT2D eigenvalue weighted by Crippen LogP contribution is 2.35. The molecule has 0 spiro atoms. The van der Waals surface area contributed by atoms with Crippen LogP contribution in [0.2, 0.25) is 0 Å². The van der Waals surface area contributed by atoms with E-state index in [1.165, 1.54) is 0 Å². The van der Waals surface area contributed by atoms with Crippen molar-refractivity contribution < 1.29 is 14.3 Å². The van der Waals surface area contributed by atoms with Gasteiger partial charge in [-0.2, -0.15) is 0 Å². The summed E-state index contributed by atoms with van der Waals surface area (Å²) in [6.45, 7) is 6.38. The van der Waals surface area contributed by atoms with Crippen LogP contribution in [-0.2, 0) is 9.59 Å². The van der Waals surface area contributed by atoms with E-state index < -0.39 is 5.54 Å². The number of rotatable bonds is 2. The number of nitrogens with zero attached hydrogens (tertiary/aromatic N) is 1. The summed E-state index contributed by atoms with van der Waals surface area (Å²) in [5, 5.41) is 6.13. The van der Waals surface area contributed by atoms with Crippen LogP contribution in [0.3, 0.4) is 0 Å². The fourth-order valence-electron chi connectivity index (χ4n) is 2.82. The summed E-state index contributed by atoms with van der Waals surface area (Å²) in [7, 11) is 0. The standard InChI is InChI=1S/C15H19N3O3/c1-4-18-13(17-15(2,3)14(18)20)9-5-6-11-10(7-9)16-12(19)8-21-11/h5-7,13,17H,4,8H2,1-3H3,(H,16,19). The zero-order valence-electron chi connectivity index (χ0n) is 12.4. The number of hydrogen-bond acceptors (Lipinski definition) is 4. The number of likely N-dealkylation sites (N-methyl/N-ethyl adjacent to an activating group) is 1. The highest BCUT2D eigenvalue weighted by Gasteiger charge is 2.44. The number of amides is 2. The van der Waals surface area contributed by atoms with E-state index in [-0.39, 0.29) is 24.6 Å². The van der Waals surface area contributed by atoms with Crippen molar-refractivity contribution in [2.45, 2.75) is 32.5 Å². The molecular weight excluding hydrogens is 270 g/mol. The van der Waals surface area contributed by atoms with Crippen LogP contribution >= 0.6 is 0 Å². The van der Waals surface area contributed by atoms with E-state index in [9.17, 15) is 9.59 Å². The summed E-state index contributed by atoms with van der Waals surface area (Å²) < 4.78 is 5.36. The smallest absolute Gasteiger partial charge is 0.262 e. The average Bonchev–Trinajstić information content (AvgIpc) is 2.68. The molecule has 2 N–H and O–H groups in total. The van der Waals surface area contributed by atoms with Gasteiger partial charge < -0.3 is 15.0 Å². The zero-order valence-corrected chi connectivity index (χ0v) is 12.4. The van der Waals surface area contributed by atoms with Crippen LogP contribution in [0, 0.1) is 0 Å². The maximum absolute atomic E-state index is 12.4. The van der Waals surface area contributed by atoms with Gasteiger partial charge in [0.1, 0.15) is 11.9 Å². The van der Waals surface area contributed by atoms with Gasteiger partial charge in [-0.3, -0.25) is 14.9 Å². The Labute approximate surface area is 123 Å². The van der Waals surface area contributed by atoms with E-state index in [0.717, 1.165) is 5.56 Å². The van der Waals surface area contributed by atoms with E-state index in [1.54, 1.807) is 4.90 Å². The fourth-order valence-corrected chi connectivity index (χ4v) is 2.82. The first kappa shape index (κ1) is 13.9. The average molecular weight is 289 g/mol. The summed E-state index contributed by atoms with van der Waals surface area (Å²) in [4.78, 5) is 25.6. The SMILES string of the molecule is CCN1C(=O)C(C)(C)NC1c1ccc2c(c1)NC(=O)CO2. The van der Waals surface area contributed by atoms with E-state index in [2.05, 4.69) is 10.6 Å². The number of carbonyl (C=O) groups is 2. The molecule has 1 saturated heterocycles. The molecule has 2 aliphatic rings. The second-order valence-corrected chi connectivity index (χ2v) is 5.86. The molecule has 0 aliphatic carbocycles. The van der Waals surface area contributed by atoms with Crippen LogP contribution in [-0.4, -0.2) is 35.4 Å². The number of carbonyl (C=O) groups excluding carboxylic acids is 2. The van der Waals surface area contributed by atoms with Gasteiger partial charge in [0.25, 0.3) is 5.91 Å². The molecule has 1 aromatic rings. The summed E-state index contributed by atoms with van der Waals surface area (Å²) in [5.74, 6) is 0.570. The molecule has 2 heterocycles. The van der Waals surface area contributed by atoms with Gasteiger partial charge in [-0.1, -0.05) is 6.07 Å². The third kappa shape index (κ3) is 2.25. The molecule has 3 rings (SSSR count). The minimum Gasteiger partial charge on any atom is -0.482 e. The summed E-state index contributed by atoms with van der Waals surface area (Å²) in [6, 6.07) is 5.61. The molecule has 1 atom stereocenters. The van der Waals surface area contributed by atoms with E-state index in [1.807, 2.05) is 39.0 Å². The number of nitrogens with one attached hydrogen (secondary N) is 2. The molecule has 0 radical (unpaired) electrons. The summed E-state index contributed by atoms with van der Waals surface area (Å²) in [5.41, 5.74) is 0.996. The van der Waals surface area contributed by atoms with Crippen LogP contribution in [0.15, 0.2) is 18.2 Å². The van der Waals surface area contributed by atoms with Gasteiger partial charge in [0.15, 0.2) is 6.61 Å². The number of ether oxygens (including phenoxy) is 1. The normalized spacial score (nSPS) is 23.6. The molecule has 112 valence electrons. The summed E-state index contributed by atoms with van der Waals surface area (Å²) in [6.07, 6.45) is -0.193. The number of hydrogen-bond donors (Lipinski definition) is 2. The molecule has 1 unspecified atom stereocenters. The van der Waals surface area contributed by atoms with Gasteiger partial charge in [0.05, 0.1) is 11.2 Å². The first-order chi connectivity index (χ1) is 9.92. The highest BCUT2D eigenvalue weighted by molar-refractivity contribution is 5.95. The van der Waals surface area contributed by atoms with Crippen molar-refractivity contribution in [3.63, 3.8) is 0 Å². The van der Waals surface area contributed by atoms with Crippen LogP contribution < -0.4 is 15.4 Å². The van der Waals surface area contributed by atoms with Gasteiger partial charge >= 0.3 is 0 Å². The van der Waals surface area contributed by atoms with Crippen molar-refractivity contribution in [2.75, 3.05) is 18.5 Å². The highest BCUT2D eigenvalue weighted by atomic mass is 16.5. The third-order valence-corrected chi connectivity index (χ3v) is 3.90. The Morgan fingerprint density at radius 2 is 2.14 bits per heavy atom. The number of benzene rings is 1. The maximum Gasteiger partial charge on any atom is 0.262 e. The Bertz CT molecular complexity index is 612. The minimum atomic E-state index is -0.587. The lowest BCUT2D eigenvalue weighted by Crippen LogP contribution is -2.40. The molecule has 2 amide bonds. The fraction of sp³-hybridized carbons (Fsp3) is 0.467. The first-order valence-electron chi connectivity index (χ1n) is 7.08. The predicted molar refractivity (Wildman–Crippen MR) is 77.9 cm³/mol. The lowest BCUT2D eigenvalue weighted by atomic mass is 10.1.